The van der Waals surface area contributed by atoms with E-state index in [9.17, 15) is 0 Å². The molecule has 1 heterocycles. The Morgan fingerprint density at radius 2 is 2.00 bits per heavy atom. The number of hydrogen-bond acceptors (Lipinski definition) is 6. The monoisotopic (exact) mass is 254 g/mol. The molecule has 0 amide bonds. The fourth-order valence-electron chi connectivity index (χ4n) is 1.49. The highest BCUT2D eigenvalue weighted by molar-refractivity contribution is 5.47. The first kappa shape index (κ1) is 14.7. The van der Waals surface area contributed by atoms with Crippen LogP contribution in [0.2, 0.25) is 0 Å². The van der Waals surface area contributed by atoms with Gasteiger partial charge in [0.05, 0.1) is 12.7 Å². The lowest BCUT2D eigenvalue weighted by Gasteiger charge is -2.16. The van der Waals surface area contributed by atoms with Crippen molar-refractivity contribution >= 4 is 11.6 Å². The van der Waals surface area contributed by atoms with E-state index in [1.165, 1.54) is 0 Å². The minimum Gasteiger partial charge on any atom is -0.382 e. The lowest BCUT2D eigenvalue weighted by molar-refractivity contribution is 0.0365. The molecule has 0 saturated heterocycles. The van der Waals surface area contributed by atoms with Crippen molar-refractivity contribution in [1.82, 2.24) is 9.97 Å². The van der Waals surface area contributed by atoms with E-state index < -0.39 is 0 Å². The average molecular weight is 254 g/mol. The van der Waals surface area contributed by atoms with Gasteiger partial charge in [0.2, 0.25) is 0 Å². The van der Waals surface area contributed by atoms with Crippen molar-refractivity contribution in [3.63, 3.8) is 0 Å². The molecule has 0 fully saturated rings. The van der Waals surface area contributed by atoms with Gasteiger partial charge in [-0.3, -0.25) is 0 Å². The van der Waals surface area contributed by atoms with E-state index in [0.717, 1.165) is 23.9 Å². The van der Waals surface area contributed by atoms with E-state index in [0.29, 0.717) is 13.2 Å². The number of ether oxygens (including phenoxy) is 2. The van der Waals surface area contributed by atoms with E-state index in [-0.39, 0.29) is 6.10 Å². The number of aryl methyl sites for hydroxylation is 1. The van der Waals surface area contributed by atoms with Crippen molar-refractivity contribution in [2.24, 2.45) is 0 Å². The van der Waals surface area contributed by atoms with Crippen LogP contribution in [0.15, 0.2) is 6.07 Å². The maximum Gasteiger partial charge on any atom is 0.132 e. The summed E-state index contributed by atoms with van der Waals surface area (Å²) in [5.41, 5.74) is 0. The Balaban J connectivity index is 2.65. The molecule has 0 bridgehead atoms. The van der Waals surface area contributed by atoms with Crippen LogP contribution in [0.25, 0.3) is 0 Å². The van der Waals surface area contributed by atoms with Gasteiger partial charge in [0, 0.05) is 40.3 Å². The van der Waals surface area contributed by atoms with Crippen LogP contribution < -0.4 is 10.6 Å². The van der Waals surface area contributed by atoms with E-state index in [1.807, 2.05) is 20.0 Å². The summed E-state index contributed by atoms with van der Waals surface area (Å²) in [7, 11) is 5.17. The Bertz CT molecular complexity index is 338. The first-order valence-corrected chi connectivity index (χ1v) is 6.04. The van der Waals surface area contributed by atoms with Gasteiger partial charge >= 0.3 is 0 Å². The summed E-state index contributed by atoms with van der Waals surface area (Å²) < 4.78 is 10.3. The Labute approximate surface area is 108 Å². The molecule has 0 aliphatic carbocycles. The lowest BCUT2D eigenvalue weighted by Crippen LogP contribution is -2.27. The average Bonchev–Trinajstić information content (AvgIpc) is 2.42. The van der Waals surface area contributed by atoms with Crippen LogP contribution in [0.1, 0.15) is 12.7 Å². The van der Waals surface area contributed by atoms with E-state index in [1.54, 1.807) is 14.2 Å². The number of hydrogen-bond donors (Lipinski definition) is 2. The van der Waals surface area contributed by atoms with Gasteiger partial charge in [-0.1, -0.05) is 6.92 Å². The molecule has 6 nitrogen and oxygen atoms in total. The second kappa shape index (κ2) is 7.84. The van der Waals surface area contributed by atoms with Crippen LogP contribution >= 0.6 is 0 Å². The molecule has 1 atom stereocenters. The predicted octanol–water partition coefficient (Wildman–Crippen LogP) is 1.15. The van der Waals surface area contributed by atoms with Crippen LogP contribution in [-0.2, 0) is 15.9 Å². The van der Waals surface area contributed by atoms with Gasteiger partial charge in [-0.25, -0.2) is 9.97 Å². The van der Waals surface area contributed by atoms with Crippen LogP contribution in [0.4, 0.5) is 11.6 Å². The van der Waals surface area contributed by atoms with Crippen molar-refractivity contribution in [1.29, 1.82) is 0 Å². The smallest absolute Gasteiger partial charge is 0.132 e. The second-order valence-corrected chi connectivity index (χ2v) is 3.85. The number of nitrogens with zero attached hydrogens (tertiary/aromatic N) is 2. The first-order valence-electron chi connectivity index (χ1n) is 6.04. The van der Waals surface area contributed by atoms with Gasteiger partial charge in [-0.2, -0.15) is 0 Å². The molecule has 102 valence electrons. The number of anilines is 2. The molecular formula is C12H22N4O2. The Morgan fingerprint density at radius 1 is 1.28 bits per heavy atom. The predicted molar refractivity (Wildman–Crippen MR) is 72.1 cm³/mol. The summed E-state index contributed by atoms with van der Waals surface area (Å²) in [6.07, 6.45) is 0.809. The minimum absolute atomic E-state index is 0.00748. The third-order valence-electron chi connectivity index (χ3n) is 2.54. The Hall–Kier alpha value is -1.40. The van der Waals surface area contributed by atoms with Crippen LogP contribution in [-0.4, -0.2) is 50.5 Å². The highest BCUT2D eigenvalue weighted by Crippen LogP contribution is 2.11. The molecule has 0 aliphatic heterocycles. The molecule has 1 aromatic heterocycles. The number of nitrogens with one attached hydrogen (secondary N) is 2. The molecule has 2 N–H and O–H groups in total. The molecular weight excluding hydrogens is 232 g/mol. The van der Waals surface area contributed by atoms with Crippen molar-refractivity contribution in [3.8, 4) is 0 Å². The van der Waals surface area contributed by atoms with Crippen molar-refractivity contribution < 1.29 is 9.47 Å². The third-order valence-corrected chi connectivity index (χ3v) is 2.54. The molecule has 0 aromatic carbocycles. The van der Waals surface area contributed by atoms with Gasteiger partial charge in [-0.05, 0) is 0 Å². The molecule has 0 aliphatic rings. The fourth-order valence-corrected chi connectivity index (χ4v) is 1.49. The Kier molecular flexibility index (Phi) is 6.38. The van der Waals surface area contributed by atoms with Gasteiger partial charge in [0.1, 0.15) is 17.5 Å². The normalized spacial score (nSPS) is 12.2. The Morgan fingerprint density at radius 3 is 2.56 bits per heavy atom. The summed E-state index contributed by atoms with van der Waals surface area (Å²) >= 11 is 0. The molecule has 0 saturated carbocycles. The zero-order valence-electron chi connectivity index (χ0n) is 11.5. The molecule has 1 aromatic rings. The van der Waals surface area contributed by atoms with Crippen LogP contribution in [0, 0.1) is 0 Å². The maximum absolute atomic E-state index is 5.28. The van der Waals surface area contributed by atoms with Gasteiger partial charge in [-0.15, -0.1) is 0 Å². The molecule has 1 unspecified atom stereocenters. The largest absolute Gasteiger partial charge is 0.382 e. The quantitative estimate of drug-likeness (QED) is 0.725. The van der Waals surface area contributed by atoms with Gasteiger partial charge in [0.25, 0.3) is 0 Å². The van der Waals surface area contributed by atoms with Gasteiger partial charge in [0.15, 0.2) is 0 Å². The number of rotatable bonds is 8. The summed E-state index contributed by atoms with van der Waals surface area (Å²) in [6.45, 7) is 3.23. The van der Waals surface area contributed by atoms with E-state index >= 15 is 0 Å². The van der Waals surface area contributed by atoms with Crippen molar-refractivity contribution in [3.05, 3.63) is 11.9 Å². The molecule has 1 rings (SSSR count). The van der Waals surface area contributed by atoms with E-state index in [2.05, 4.69) is 20.6 Å². The number of aromatic nitrogens is 2. The summed E-state index contributed by atoms with van der Waals surface area (Å²) in [6, 6.07) is 1.87. The molecule has 6 heteroatoms. The summed E-state index contributed by atoms with van der Waals surface area (Å²) in [5.74, 6) is 2.42. The first-order chi connectivity index (χ1) is 8.73. The van der Waals surface area contributed by atoms with Crippen molar-refractivity contribution in [2.75, 3.05) is 45.1 Å². The zero-order chi connectivity index (χ0) is 13.4. The lowest BCUT2D eigenvalue weighted by atomic mass is 10.3. The second-order valence-electron chi connectivity index (χ2n) is 3.85. The molecule has 0 radical (unpaired) electrons. The standard InChI is InChI=1S/C12H22N4O2/c1-5-10-15-11(13-2)6-12(16-10)14-7-9(18-4)8-17-3/h6,9H,5,7-8H2,1-4H3,(H2,13,14,15,16). The number of methoxy groups -OCH3 is 2. The summed E-state index contributed by atoms with van der Waals surface area (Å²) in [5, 5.41) is 6.26. The van der Waals surface area contributed by atoms with Crippen LogP contribution in [0.3, 0.4) is 0 Å². The van der Waals surface area contributed by atoms with E-state index in [4.69, 9.17) is 9.47 Å². The fraction of sp³-hybridized carbons (Fsp3) is 0.667. The van der Waals surface area contributed by atoms with Gasteiger partial charge < -0.3 is 20.1 Å². The topological polar surface area (TPSA) is 68.3 Å². The maximum atomic E-state index is 5.28. The van der Waals surface area contributed by atoms with Crippen LogP contribution in [0.5, 0.6) is 0 Å². The zero-order valence-corrected chi connectivity index (χ0v) is 11.5. The SMILES string of the molecule is CCc1nc(NC)cc(NCC(COC)OC)n1. The minimum atomic E-state index is 0.00748. The molecule has 0 spiro atoms. The summed E-state index contributed by atoms with van der Waals surface area (Å²) in [4.78, 5) is 8.74. The van der Waals surface area contributed by atoms with Crippen molar-refractivity contribution in [2.45, 2.75) is 19.4 Å². The molecule has 18 heavy (non-hydrogen) atoms. The third kappa shape index (κ3) is 4.46. The highest BCUT2D eigenvalue weighted by atomic mass is 16.5. The highest BCUT2D eigenvalue weighted by Gasteiger charge is 2.08.